The van der Waals surface area contributed by atoms with E-state index in [9.17, 15) is 10.4 Å². The summed E-state index contributed by atoms with van der Waals surface area (Å²) >= 11 is 3.61. The molecule has 4 heteroatoms. The van der Waals surface area contributed by atoms with Crippen LogP contribution in [0.3, 0.4) is 0 Å². The highest BCUT2D eigenvalue weighted by molar-refractivity contribution is 9.10. The van der Waals surface area contributed by atoms with Crippen LogP contribution in [0.25, 0.3) is 0 Å². The summed E-state index contributed by atoms with van der Waals surface area (Å²) in [5.41, 5.74) is 1.67. The van der Waals surface area contributed by atoms with Crippen LogP contribution in [0.1, 0.15) is 43.4 Å². The Morgan fingerprint density at radius 3 is 2.55 bits per heavy atom. The first-order valence-electron chi connectivity index (χ1n) is 7.94. The third kappa shape index (κ3) is 2.14. The van der Waals surface area contributed by atoms with Crippen molar-refractivity contribution in [3.05, 3.63) is 33.3 Å². The molecular formula is C18H23BrN2O. The molecule has 1 atom stereocenters. The topological polar surface area (TPSA) is 47.3 Å². The van der Waals surface area contributed by atoms with E-state index < -0.39 is 5.60 Å². The Bertz CT molecular complexity index is 641. The van der Waals surface area contributed by atoms with Crippen LogP contribution in [0.15, 0.2) is 16.6 Å². The first kappa shape index (κ1) is 16.0. The standard InChI is InChI=1S/C18H23BrN2O/c1-17(2)10-12-4-5-13(11-20)16(19)15(12)18(17,22)14-6-8-21(3)9-7-14/h4-5,14,22H,6-10H2,1-3H3. The molecular weight excluding hydrogens is 340 g/mol. The Kier molecular flexibility index (Phi) is 3.87. The van der Waals surface area contributed by atoms with Crippen molar-refractivity contribution < 1.29 is 5.11 Å². The zero-order valence-corrected chi connectivity index (χ0v) is 15.1. The largest absolute Gasteiger partial charge is 0.384 e. The van der Waals surface area contributed by atoms with E-state index in [0.717, 1.165) is 42.4 Å². The van der Waals surface area contributed by atoms with Gasteiger partial charge in [0, 0.05) is 15.5 Å². The molecule has 0 aromatic heterocycles. The number of hydrogen-bond donors (Lipinski definition) is 1. The van der Waals surface area contributed by atoms with Crippen LogP contribution in [0.2, 0.25) is 0 Å². The number of nitriles is 1. The van der Waals surface area contributed by atoms with Gasteiger partial charge in [-0.05, 0) is 72.9 Å². The first-order chi connectivity index (χ1) is 10.3. The summed E-state index contributed by atoms with van der Waals surface area (Å²) in [6.45, 7) is 6.36. The molecule has 3 rings (SSSR count). The molecule has 0 amide bonds. The zero-order chi connectivity index (χ0) is 16.1. The summed E-state index contributed by atoms with van der Waals surface area (Å²) in [7, 11) is 2.14. The fourth-order valence-electron chi connectivity index (χ4n) is 4.39. The lowest BCUT2D eigenvalue weighted by molar-refractivity contribution is -0.122. The van der Waals surface area contributed by atoms with E-state index in [4.69, 9.17) is 0 Å². The third-order valence-corrected chi connectivity index (χ3v) is 6.53. The number of aliphatic hydroxyl groups is 1. The molecule has 0 saturated carbocycles. The SMILES string of the molecule is CN1CCC(C2(O)c3c(ccc(C#N)c3Br)CC2(C)C)CC1. The molecule has 22 heavy (non-hydrogen) atoms. The third-order valence-electron chi connectivity index (χ3n) is 5.70. The number of piperidine rings is 1. The molecule has 1 aliphatic heterocycles. The Balaban J connectivity index is 2.13. The van der Waals surface area contributed by atoms with E-state index in [0.29, 0.717) is 5.56 Å². The van der Waals surface area contributed by atoms with Gasteiger partial charge in [-0.1, -0.05) is 19.9 Å². The summed E-state index contributed by atoms with van der Waals surface area (Å²) in [6.07, 6.45) is 2.85. The maximum Gasteiger partial charge on any atom is 0.100 e. The molecule has 0 radical (unpaired) electrons. The predicted molar refractivity (Wildman–Crippen MR) is 90.5 cm³/mol. The smallest absolute Gasteiger partial charge is 0.100 e. The van der Waals surface area contributed by atoms with Crippen molar-refractivity contribution in [3.8, 4) is 6.07 Å². The van der Waals surface area contributed by atoms with Gasteiger partial charge in [0.15, 0.2) is 0 Å². The molecule has 1 fully saturated rings. The maximum atomic E-state index is 11.8. The van der Waals surface area contributed by atoms with Crippen LogP contribution in [-0.2, 0) is 12.0 Å². The highest BCUT2D eigenvalue weighted by Crippen LogP contribution is 2.58. The molecule has 1 aromatic rings. The average molecular weight is 363 g/mol. The fraction of sp³-hybridized carbons (Fsp3) is 0.611. The minimum Gasteiger partial charge on any atom is -0.384 e. The van der Waals surface area contributed by atoms with Crippen molar-refractivity contribution in [2.75, 3.05) is 20.1 Å². The number of nitrogens with zero attached hydrogens (tertiary/aromatic N) is 2. The molecule has 1 heterocycles. The van der Waals surface area contributed by atoms with Gasteiger partial charge >= 0.3 is 0 Å². The van der Waals surface area contributed by atoms with E-state index in [1.54, 1.807) is 0 Å². The maximum absolute atomic E-state index is 11.8. The van der Waals surface area contributed by atoms with Crippen LogP contribution in [0, 0.1) is 22.7 Å². The van der Waals surface area contributed by atoms with Gasteiger partial charge in [0.1, 0.15) is 6.07 Å². The Morgan fingerprint density at radius 2 is 1.95 bits per heavy atom. The lowest BCUT2D eigenvalue weighted by Crippen LogP contribution is -2.49. The van der Waals surface area contributed by atoms with Crippen molar-refractivity contribution in [2.24, 2.45) is 11.3 Å². The van der Waals surface area contributed by atoms with Crippen molar-refractivity contribution in [2.45, 2.75) is 38.7 Å². The molecule has 2 aliphatic rings. The van der Waals surface area contributed by atoms with E-state index in [2.05, 4.69) is 47.8 Å². The summed E-state index contributed by atoms with van der Waals surface area (Å²) in [4.78, 5) is 2.32. The molecule has 118 valence electrons. The molecule has 3 nitrogen and oxygen atoms in total. The first-order valence-corrected chi connectivity index (χ1v) is 8.73. The summed E-state index contributed by atoms with van der Waals surface area (Å²) in [6, 6.07) is 6.12. The van der Waals surface area contributed by atoms with Crippen LogP contribution in [-0.4, -0.2) is 30.1 Å². The molecule has 1 saturated heterocycles. The second-order valence-corrected chi connectivity index (χ2v) is 8.27. The zero-order valence-electron chi connectivity index (χ0n) is 13.5. The number of likely N-dealkylation sites (tertiary alicyclic amines) is 1. The monoisotopic (exact) mass is 362 g/mol. The quantitative estimate of drug-likeness (QED) is 0.832. The van der Waals surface area contributed by atoms with Crippen molar-refractivity contribution in [1.82, 2.24) is 4.90 Å². The molecule has 1 aliphatic carbocycles. The molecule has 1 aromatic carbocycles. The number of fused-ring (bicyclic) bond motifs is 1. The van der Waals surface area contributed by atoms with Crippen molar-refractivity contribution in [1.29, 1.82) is 5.26 Å². The van der Waals surface area contributed by atoms with Gasteiger partial charge in [0.05, 0.1) is 11.2 Å². The Labute approximate surface area is 141 Å². The normalized spacial score (nSPS) is 28.4. The molecule has 0 bridgehead atoms. The second-order valence-electron chi connectivity index (χ2n) is 7.48. The van der Waals surface area contributed by atoms with Gasteiger partial charge in [-0.2, -0.15) is 5.26 Å². The summed E-state index contributed by atoms with van der Waals surface area (Å²) in [5.74, 6) is 0.241. The minimum atomic E-state index is -0.866. The predicted octanol–water partition coefficient (Wildman–Crippen LogP) is 3.43. The number of benzene rings is 1. The summed E-state index contributed by atoms with van der Waals surface area (Å²) in [5, 5.41) is 21.2. The average Bonchev–Trinajstić information content (AvgIpc) is 2.68. The van der Waals surface area contributed by atoms with Crippen molar-refractivity contribution in [3.63, 3.8) is 0 Å². The number of halogens is 1. The van der Waals surface area contributed by atoms with Crippen LogP contribution in [0.5, 0.6) is 0 Å². The Morgan fingerprint density at radius 1 is 1.32 bits per heavy atom. The van der Waals surface area contributed by atoms with Crippen molar-refractivity contribution >= 4 is 15.9 Å². The van der Waals surface area contributed by atoms with Gasteiger partial charge in [0.2, 0.25) is 0 Å². The number of hydrogen-bond acceptors (Lipinski definition) is 3. The van der Waals surface area contributed by atoms with Gasteiger partial charge in [0.25, 0.3) is 0 Å². The molecule has 1 N–H and O–H groups in total. The van der Waals surface area contributed by atoms with Crippen LogP contribution in [0.4, 0.5) is 0 Å². The van der Waals surface area contributed by atoms with Gasteiger partial charge in [-0.15, -0.1) is 0 Å². The van der Waals surface area contributed by atoms with Gasteiger partial charge < -0.3 is 10.0 Å². The summed E-state index contributed by atoms with van der Waals surface area (Å²) < 4.78 is 0.791. The van der Waals surface area contributed by atoms with E-state index in [-0.39, 0.29) is 11.3 Å². The lowest BCUT2D eigenvalue weighted by atomic mass is 9.65. The highest BCUT2D eigenvalue weighted by atomic mass is 79.9. The molecule has 1 unspecified atom stereocenters. The van der Waals surface area contributed by atoms with Crippen LogP contribution < -0.4 is 0 Å². The fourth-order valence-corrected chi connectivity index (χ4v) is 5.17. The Hall–Kier alpha value is -0.890. The van der Waals surface area contributed by atoms with E-state index in [1.165, 1.54) is 5.56 Å². The van der Waals surface area contributed by atoms with E-state index >= 15 is 0 Å². The van der Waals surface area contributed by atoms with Gasteiger partial charge in [-0.25, -0.2) is 0 Å². The second kappa shape index (κ2) is 5.33. The van der Waals surface area contributed by atoms with Gasteiger partial charge in [-0.3, -0.25) is 0 Å². The minimum absolute atomic E-state index is 0.216. The van der Waals surface area contributed by atoms with Crippen LogP contribution >= 0.6 is 15.9 Å². The molecule has 0 spiro atoms. The number of rotatable bonds is 1. The van der Waals surface area contributed by atoms with E-state index in [1.807, 2.05) is 12.1 Å². The highest BCUT2D eigenvalue weighted by Gasteiger charge is 2.56. The lowest BCUT2D eigenvalue weighted by Gasteiger charge is -2.47.